The van der Waals surface area contributed by atoms with Crippen molar-refractivity contribution in [1.29, 1.82) is 0 Å². The maximum atomic E-state index is 11.8. The molecule has 1 aromatic carbocycles. The smallest absolute Gasteiger partial charge is 0.224 e. The lowest BCUT2D eigenvalue weighted by Gasteiger charge is -2.17. The summed E-state index contributed by atoms with van der Waals surface area (Å²) in [6.07, 6.45) is 0.0345. The summed E-state index contributed by atoms with van der Waals surface area (Å²) in [6.45, 7) is 4.58. The lowest BCUT2D eigenvalue weighted by molar-refractivity contribution is -0.139. The van der Waals surface area contributed by atoms with Gasteiger partial charge in [0.25, 0.3) is 0 Å². The molecule has 0 aromatic heterocycles. The third kappa shape index (κ3) is 3.94. The molecule has 1 aliphatic heterocycles. The molecule has 1 aliphatic rings. The number of rotatable bonds is 4. The SMILES string of the molecule is CC1(C)OCC(CNC(=O)Cc2ccccc2O)O1. The molecule has 104 valence electrons. The molecule has 1 atom stereocenters. The van der Waals surface area contributed by atoms with Gasteiger partial charge in [0.05, 0.1) is 13.0 Å². The number of phenols is 1. The van der Waals surface area contributed by atoms with Gasteiger partial charge in [-0.25, -0.2) is 0 Å². The molecule has 0 spiro atoms. The summed E-state index contributed by atoms with van der Waals surface area (Å²) in [5.74, 6) is -0.582. The molecular formula is C14H19NO4. The van der Waals surface area contributed by atoms with Crippen molar-refractivity contribution in [3.05, 3.63) is 29.8 Å². The molecule has 1 aromatic rings. The molecule has 5 nitrogen and oxygen atoms in total. The Bertz CT molecular complexity index is 459. The number of ether oxygens (including phenoxy) is 2. The number of amides is 1. The minimum atomic E-state index is -0.576. The highest BCUT2D eigenvalue weighted by Crippen LogP contribution is 2.21. The lowest BCUT2D eigenvalue weighted by Crippen LogP contribution is -2.35. The Morgan fingerprint density at radius 1 is 1.47 bits per heavy atom. The molecule has 1 amide bonds. The zero-order valence-electron chi connectivity index (χ0n) is 11.2. The van der Waals surface area contributed by atoms with Gasteiger partial charge < -0.3 is 19.9 Å². The summed E-state index contributed by atoms with van der Waals surface area (Å²) in [5, 5.41) is 12.4. The number of phenolic OH excluding ortho intramolecular Hbond substituents is 1. The summed E-state index contributed by atoms with van der Waals surface area (Å²) in [4.78, 5) is 11.8. The number of carbonyl (C=O) groups excluding carboxylic acids is 1. The quantitative estimate of drug-likeness (QED) is 0.858. The highest BCUT2D eigenvalue weighted by Gasteiger charge is 2.32. The number of hydrogen-bond acceptors (Lipinski definition) is 4. The fourth-order valence-electron chi connectivity index (χ4n) is 1.99. The molecule has 1 saturated heterocycles. The first-order valence-corrected chi connectivity index (χ1v) is 6.31. The van der Waals surface area contributed by atoms with Crippen LogP contribution in [-0.2, 0) is 20.7 Å². The second kappa shape index (κ2) is 5.59. The van der Waals surface area contributed by atoms with Gasteiger partial charge in [0.2, 0.25) is 5.91 Å². The van der Waals surface area contributed by atoms with Gasteiger partial charge in [0, 0.05) is 12.1 Å². The molecule has 1 fully saturated rings. The molecule has 1 unspecified atom stereocenters. The molecule has 0 radical (unpaired) electrons. The van der Waals surface area contributed by atoms with E-state index in [1.165, 1.54) is 0 Å². The predicted octanol–water partition coefficient (Wildman–Crippen LogP) is 1.20. The van der Waals surface area contributed by atoms with Crippen LogP contribution in [0.3, 0.4) is 0 Å². The van der Waals surface area contributed by atoms with E-state index < -0.39 is 5.79 Å². The van der Waals surface area contributed by atoms with E-state index in [1.807, 2.05) is 13.8 Å². The fraction of sp³-hybridized carbons (Fsp3) is 0.500. The van der Waals surface area contributed by atoms with E-state index in [0.29, 0.717) is 18.7 Å². The molecule has 5 heteroatoms. The minimum Gasteiger partial charge on any atom is -0.508 e. The first-order valence-electron chi connectivity index (χ1n) is 6.31. The van der Waals surface area contributed by atoms with Crippen LogP contribution in [0.15, 0.2) is 24.3 Å². The van der Waals surface area contributed by atoms with E-state index in [1.54, 1.807) is 24.3 Å². The number of carbonyl (C=O) groups is 1. The monoisotopic (exact) mass is 265 g/mol. The van der Waals surface area contributed by atoms with E-state index in [9.17, 15) is 9.90 Å². The Labute approximate surface area is 112 Å². The van der Waals surface area contributed by atoms with E-state index in [4.69, 9.17) is 9.47 Å². The Kier molecular flexibility index (Phi) is 4.07. The van der Waals surface area contributed by atoms with Crippen molar-refractivity contribution >= 4 is 5.91 Å². The van der Waals surface area contributed by atoms with Crippen LogP contribution >= 0.6 is 0 Å². The van der Waals surface area contributed by atoms with Crippen molar-refractivity contribution in [2.45, 2.75) is 32.2 Å². The molecule has 2 rings (SSSR count). The van der Waals surface area contributed by atoms with Crippen molar-refractivity contribution in [2.24, 2.45) is 0 Å². The summed E-state index contributed by atoms with van der Waals surface area (Å²) < 4.78 is 11.0. The number of aromatic hydroxyl groups is 1. The van der Waals surface area contributed by atoms with Crippen molar-refractivity contribution in [2.75, 3.05) is 13.2 Å². The maximum Gasteiger partial charge on any atom is 0.224 e. The minimum absolute atomic E-state index is 0.122. The normalized spacial score (nSPS) is 21.3. The van der Waals surface area contributed by atoms with Gasteiger partial charge in [0.15, 0.2) is 5.79 Å². The van der Waals surface area contributed by atoms with Crippen LogP contribution < -0.4 is 5.32 Å². The Balaban J connectivity index is 1.78. The number of hydrogen-bond donors (Lipinski definition) is 2. The van der Waals surface area contributed by atoms with Gasteiger partial charge in [0.1, 0.15) is 11.9 Å². The zero-order valence-corrected chi connectivity index (χ0v) is 11.2. The first kappa shape index (κ1) is 13.8. The number of nitrogens with one attached hydrogen (secondary N) is 1. The average Bonchev–Trinajstić information content (AvgIpc) is 2.69. The van der Waals surface area contributed by atoms with Crippen LogP contribution in [0.4, 0.5) is 0 Å². The van der Waals surface area contributed by atoms with Crippen LogP contribution in [0.2, 0.25) is 0 Å². The summed E-state index contributed by atoms with van der Waals surface area (Å²) in [5.41, 5.74) is 0.615. The average molecular weight is 265 g/mol. The van der Waals surface area contributed by atoms with E-state index in [2.05, 4.69) is 5.32 Å². The topological polar surface area (TPSA) is 67.8 Å². The molecule has 19 heavy (non-hydrogen) atoms. The highest BCUT2D eigenvalue weighted by atomic mass is 16.7. The fourth-order valence-corrected chi connectivity index (χ4v) is 1.99. The third-order valence-electron chi connectivity index (χ3n) is 2.94. The number of benzene rings is 1. The molecule has 0 saturated carbocycles. The zero-order chi connectivity index (χ0) is 13.9. The maximum absolute atomic E-state index is 11.8. The van der Waals surface area contributed by atoms with Crippen LogP contribution in [-0.4, -0.2) is 36.1 Å². The van der Waals surface area contributed by atoms with Crippen molar-refractivity contribution in [3.8, 4) is 5.75 Å². The van der Waals surface area contributed by atoms with Crippen molar-refractivity contribution < 1.29 is 19.4 Å². The lowest BCUT2D eigenvalue weighted by atomic mass is 10.1. The van der Waals surface area contributed by atoms with Crippen molar-refractivity contribution in [3.63, 3.8) is 0 Å². The molecule has 2 N–H and O–H groups in total. The molecule has 0 bridgehead atoms. The number of para-hydroxylation sites is 1. The van der Waals surface area contributed by atoms with Crippen LogP contribution in [0.5, 0.6) is 5.75 Å². The van der Waals surface area contributed by atoms with Crippen molar-refractivity contribution in [1.82, 2.24) is 5.32 Å². The molecular weight excluding hydrogens is 246 g/mol. The van der Waals surface area contributed by atoms with Crippen LogP contribution in [0.25, 0.3) is 0 Å². The Hall–Kier alpha value is -1.59. The van der Waals surface area contributed by atoms with Gasteiger partial charge in [-0.2, -0.15) is 0 Å². The molecule has 0 aliphatic carbocycles. The largest absolute Gasteiger partial charge is 0.508 e. The standard InChI is InChI=1S/C14H19NO4/c1-14(2)18-9-11(19-14)8-15-13(17)7-10-5-3-4-6-12(10)16/h3-6,11,16H,7-9H2,1-2H3,(H,15,17). The van der Waals surface area contributed by atoms with E-state index >= 15 is 0 Å². The van der Waals surface area contributed by atoms with Crippen LogP contribution in [0.1, 0.15) is 19.4 Å². The van der Waals surface area contributed by atoms with Gasteiger partial charge in [-0.1, -0.05) is 18.2 Å². The Morgan fingerprint density at radius 3 is 2.84 bits per heavy atom. The highest BCUT2D eigenvalue weighted by molar-refractivity contribution is 5.79. The van der Waals surface area contributed by atoms with Gasteiger partial charge in [-0.3, -0.25) is 4.79 Å². The predicted molar refractivity (Wildman–Crippen MR) is 69.7 cm³/mol. The molecule has 1 heterocycles. The van der Waals surface area contributed by atoms with Gasteiger partial charge in [-0.15, -0.1) is 0 Å². The van der Waals surface area contributed by atoms with Crippen LogP contribution in [0, 0.1) is 0 Å². The first-order chi connectivity index (χ1) is 8.96. The third-order valence-corrected chi connectivity index (χ3v) is 2.94. The van der Waals surface area contributed by atoms with Gasteiger partial charge in [-0.05, 0) is 19.9 Å². The summed E-state index contributed by atoms with van der Waals surface area (Å²) in [7, 11) is 0. The Morgan fingerprint density at radius 2 is 2.21 bits per heavy atom. The summed E-state index contributed by atoms with van der Waals surface area (Å²) >= 11 is 0. The van der Waals surface area contributed by atoms with E-state index in [0.717, 1.165) is 0 Å². The van der Waals surface area contributed by atoms with Gasteiger partial charge >= 0.3 is 0 Å². The second-order valence-corrected chi connectivity index (χ2v) is 5.06. The second-order valence-electron chi connectivity index (χ2n) is 5.06. The van der Waals surface area contributed by atoms with E-state index in [-0.39, 0.29) is 24.2 Å². The summed E-state index contributed by atoms with van der Waals surface area (Å²) in [6, 6.07) is 6.81.